The number of fused-ring (bicyclic) bond motifs is 2. The van der Waals surface area contributed by atoms with Crippen molar-refractivity contribution in [3.63, 3.8) is 0 Å². The molecule has 1 aliphatic rings. The van der Waals surface area contributed by atoms with Gasteiger partial charge in [-0.2, -0.15) is 0 Å². The molecule has 0 amide bonds. The molecule has 0 atom stereocenters. The summed E-state index contributed by atoms with van der Waals surface area (Å²) in [5.74, 6) is 0. The maximum atomic E-state index is 5.90. The maximum absolute atomic E-state index is 5.90. The Morgan fingerprint density at radius 2 is 1.65 bits per heavy atom. The summed E-state index contributed by atoms with van der Waals surface area (Å²) >= 11 is 0. The molecule has 0 radical (unpaired) electrons. The Balaban J connectivity index is 2.01. The van der Waals surface area contributed by atoms with Crippen molar-refractivity contribution >= 4 is 22.8 Å². The van der Waals surface area contributed by atoms with Crippen molar-refractivity contribution in [3.05, 3.63) is 83.7 Å². The van der Waals surface area contributed by atoms with E-state index >= 15 is 0 Å². The van der Waals surface area contributed by atoms with Gasteiger partial charge in [0.15, 0.2) is 0 Å². The van der Waals surface area contributed by atoms with Gasteiger partial charge >= 0.3 is 0 Å². The van der Waals surface area contributed by atoms with Gasteiger partial charge < -0.3 is 11.1 Å². The van der Waals surface area contributed by atoms with Crippen LogP contribution in [0.1, 0.15) is 16.8 Å². The molecule has 0 spiro atoms. The van der Waals surface area contributed by atoms with E-state index in [1.807, 2.05) is 48.5 Å². The topological polar surface area (TPSA) is 63.3 Å². The largest absolute Gasteiger partial charge is 0.353 e. The summed E-state index contributed by atoms with van der Waals surface area (Å²) in [6, 6.07) is 20.1. The molecule has 0 aliphatic carbocycles. The van der Waals surface area contributed by atoms with Crippen LogP contribution in [-0.2, 0) is 6.54 Å². The van der Waals surface area contributed by atoms with E-state index in [0.29, 0.717) is 6.54 Å². The van der Waals surface area contributed by atoms with Crippen molar-refractivity contribution < 1.29 is 0 Å². The van der Waals surface area contributed by atoms with Crippen LogP contribution in [0.4, 0.5) is 17.1 Å². The summed E-state index contributed by atoms with van der Waals surface area (Å²) in [7, 11) is 0. The van der Waals surface area contributed by atoms with Gasteiger partial charge in [0.05, 0.1) is 22.8 Å². The first-order chi connectivity index (χ1) is 11.4. The second-order valence-corrected chi connectivity index (χ2v) is 5.36. The zero-order valence-electron chi connectivity index (χ0n) is 12.5. The van der Waals surface area contributed by atoms with Crippen LogP contribution in [0.25, 0.3) is 0 Å². The second kappa shape index (κ2) is 5.66. The highest BCUT2D eigenvalue weighted by atomic mass is 15.0. The zero-order valence-corrected chi connectivity index (χ0v) is 12.5. The van der Waals surface area contributed by atoms with E-state index in [1.54, 1.807) is 6.20 Å². The molecule has 0 bridgehead atoms. The van der Waals surface area contributed by atoms with Crippen LogP contribution < -0.4 is 11.1 Å². The van der Waals surface area contributed by atoms with E-state index in [1.165, 1.54) is 0 Å². The Bertz CT molecular complexity index is 899. The van der Waals surface area contributed by atoms with Gasteiger partial charge in [0.1, 0.15) is 0 Å². The molecule has 1 aliphatic heterocycles. The van der Waals surface area contributed by atoms with E-state index in [4.69, 9.17) is 10.7 Å². The Labute approximate surface area is 134 Å². The maximum Gasteiger partial charge on any atom is 0.0990 e. The summed E-state index contributed by atoms with van der Waals surface area (Å²) < 4.78 is 0. The predicted octanol–water partition coefficient (Wildman–Crippen LogP) is 3.77. The summed E-state index contributed by atoms with van der Waals surface area (Å²) in [4.78, 5) is 9.44. The third-order valence-electron chi connectivity index (χ3n) is 3.92. The number of benzene rings is 2. The quantitative estimate of drug-likeness (QED) is 0.592. The summed E-state index contributed by atoms with van der Waals surface area (Å²) in [5, 5.41) is 3.47. The fraction of sp³-hybridized carbons (Fsp3) is 0.0526. The molecule has 23 heavy (non-hydrogen) atoms. The third kappa shape index (κ3) is 2.39. The van der Waals surface area contributed by atoms with E-state index in [0.717, 1.165) is 39.6 Å². The highest BCUT2D eigenvalue weighted by Crippen LogP contribution is 2.35. The lowest BCUT2D eigenvalue weighted by Gasteiger charge is -2.12. The van der Waals surface area contributed by atoms with Crippen molar-refractivity contribution in [2.75, 3.05) is 5.32 Å². The number of nitrogens with two attached hydrogens (primary N) is 1. The van der Waals surface area contributed by atoms with E-state index in [2.05, 4.69) is 22.4 Å². The van der Waals surface area contributed by atoms with Crippen LogP contribution in [0.2, 0.25) is 0 Å². The standard InChI is InChI=1S/C19H16N4/c20-12-13-6-5-11-21-18(13)19-14-7-1-2-8-15(14)22-16-9-3-4-10-17(16)23-19/h1-11,22H,12,20H2. The molecular formula is C19H16N4. The number of rotatable bonds is 2. The molecule has 2 aromatic carbocycles. The van der Waals surface area contributed by atoms with E-state index in [-0.39, 0.29) is 0 Å². The average molecular weight is 300 g/mol. The molecular weight excluding hydrogens is 284 g/mol. The van der Waals surface area contributed by atoms with Crippen molar-refractivity contribution in [2.24, 2.45) is 10.7 Å². The molecule has 112 valence electrons. The molecule has 0 saturated carbocycles. The number of pyridine rings is 1. The molecule has 4 heteroatoms. The number of aromatic nitrogens is 1. The van der Waals surface area contributed by atoms with Crippen molar-refractivity contribution in [1.82, 2.24) is 4.98 Å². The molecule has 1 aromatic heterocycles. The molecule has 2 heterocycles. The molecule has 3 N–H and O–H groups in total. The highest BCUT2D eigenvalue weighted by Gasteiger charge is 2.19. The van der Waals surface area contributed by atoms with Crippen molar-refractivity contribution in [3.8, 4) is 0 Å². The lowest BCUT2D eigenvalue weighted by atomic mass is 10.0. The minimum Gasteiger partial charge on any atom is -0.353 e. The number of hydrogen-bond acceptors (Lipinski definition) is 4. The number of nitrogens with one attached hydrogen (secondary N) is 1. The summed E-state index contributed by atoms with van der Waals surface area (Å²) in [6.07, 6.45) is 1.78. The molecule has 0 unspecified atom stereocenters. The van der Waals surface area contributed by atoms with Crippen molar-refractivity contribution in [1.29, 1.82) is 0 Å². The fourth-order valence-electron chi connectivity index (χ4n) is 2.80. The zero-order chi connectivity index (χ0) is 15.6. The Morgan fingerprint density at radius 3 is 2.52 bits per heavy atom. The molecule has 4 rings (SSSR count). The fourth-order valence-corrected chi connectivity index (χ4v) is 2.80. The van der Waals surface area contributed by atoms with Gasteiger partial charge in [-0.25, -0.2) is 4.99 Å². The molecule has 0 fully saturated rings. The average Bonchev–Trinajstić information content (AvgIpc) is 2.78. The molecule has 0 saturated heterocycles. The summed E-state index contributed by atoms with van der Waals surface area (Å²) in [5.41, 5.74) is 12.5. The van der Waals surface area contributed by atoms with Crippen LogP contribution in [0, 0.1) is 0 Å². The Hall–Kier alpha value is -2.98. The van der Waals surface area contributed by atoms with Crippen LogP contribution in [0.3, 0.4) is 0 Å². The van der Waals surface area contributed by atoms with Crippen molar-refractivity contribution in [2.45, 2.75) is 6.54 Å². The number of hydrogen-bond donors (Lipinski definition) is 2. The number of nitrogens with zero attached hydrogens (tertiary/aromatic N) is 2. The van der Waals surface area contributed by atoms with Gasteiger partial charge in [0.25, 0.3) is 0 Å². The lowest BCUT2D eigenvalue weighted by molar-refractivity contribution is 1.04. The number of anilines is 2. The molecule has 3 aromatic rings. The normalized spacial score (nSPS) is 12.5. The SMILES string of the molecule is NCc1cccnc1C1=Nc2ccccc2Nc2ccccc21. The Kier molecular flexibility index (Phi) is 3.37. The minimum absolute atomic E-state index is 0.430. The highest BCUT2D eigenvalue weighted by molar-refractivity contribution is 6.18. The minimum atomic E-state index is 0.430. The van der Waals surface area contributed by atoms with E-state index in [9.17, 15) is 0 Å². The summed E-state index contributed by atoms with van der Waals surface area (Å²) in [6.45, 7) is 0.430. The van der Waals surface area contributed by atoms with Gasteiger partial charge in [-0.1, -0.05) is 36.4 Å². The smallest absolute Gasteiger partial charge is 0.0990 e. The second-order valence-electron chi connectivity index (χ2n) is 5.36. The monoisotopic (exact) mass is 300 g/mol. The first-order valence-electron chi connectivity index (χ1n) is 7.55. The van der Waals surface area contributed by atoms with Crippen LogP contribution in [0.15, 0.2) is 71.9 Å². The van der Waals surface area contributed by atoms with Gasteiger partial charge in [-0.05, 0) is 29.8 Å². The van der Waals surface area contributed by atoms with Gasteiger partial charge in [0.2, 0.25) is 0 Å². The van der Waals surface area contributed by atoms with Crippen LogP contribution in [0.5, 0.6) is 0 Å². The predicted molar refractivity (Wildman–Crippen MR) is 93.6 cm³/mol. The molecule has 4 nitrogen and oxygen atoms in total. The first-order valence-corrected chi connectivity index (χ1v) is 7.55. The lowest BCUT2D eigenvalue weighted by Crippen LogP contribution is -2.12. The Morgan fingerprint density at radius 1 is 0.870 bits per heavy atom. The number of para-hydroxylation sites is 3. The van der Waals surface area contributed by atoms with Gasteiger partial charge in [-0.3, -0.25) is 4.98 Å². The van der Waals surface area contributed by atoms with Crippen LogP contribution in [-0.4, -0.2) is 10.7 Å². The first kappa shape index (κ1) is 13.7. The van der Waals surface area contributed by atoms with E-state index < -0.39 is 0 Å². The van der Waals surface area contributed by atoms with Crippen LogP contribution >= 0.6 is 0 Å². The third-order valence-corrected chi connectivity index (χ3v) is 3.92. The number of aliphatic imine (C=N–C) groups is 1. The van der Waals surface area contributed by atoms with Gasteiger partial charge in [-0.15, -0.1) is 0 Å². The van der Waals surface area contributed by atoms with Gasteiger partial charge in [0, 0.05) is 24.0 Å².